The molecule has 0 radical (unpaired) electrons. The summed E-state index contributed by atoms with van der Waals surface area (Å²) in [6.07, 6.45) is 2.91. The van der Waals surface area contributed by atoms with Crippen molar-refractivity contribution >= 4 is 17.8 Å². The van der Waals surface area contributed by atoms with Crippen LogP contribution in [0.1, 0.15) is 31.2 Å². The summed E-state index contributed by atoms with van der Waals surface area (Å²) in [5.41, 5.74) is 0.876. The van der Waals surface area contributed by atoms with Gasteiger partial charge in [0, 0.05) is 32.4 Å². The fourth-order valence-corrected chi connectivity index (χ4v) is 2.52. The monoisotopic (exact) mass is 332 g/mol. The van der Waals surface area contributed by atoms with Crippen LogP contribution in [-0.4, -0.2) is 47.4 Å². The summed E-state index contributed by atoms with van der Waals surface area (Å²) in [5.74, 6) is -1.02. The summed E-state index contributed by atoms with van der Waals surface area (Å²) >= 11 is 0. The van der Waals surface area contributed by atoms with E-state index in [1.54, 1.807) is 0 Å². The number of carboxylic acids is 1. The van der Waals surface area contributed by atoms with E-state index in [2.05, 4.69) is 5.32 Å². The van der Waals surface area contributed by atoms with Crippen molar-refractivity contribution in [2.24, 2.45) is 5.92 Å². The molecule has 0 bridgehead atoms. The van der Waals surface area contributed by atoms with Gasteiger partial charge < -0.3 is 15.3 Å². The topological polar surface area (TPSA) is 86.7 Å². The van der Waals surface area contributed by atoms with E-state index in [1.807, 2.05) is 30.3 Å². The minimum absolute atomic E-state index is 0.0586. The Bertz CT molecular complexity index is 584. The largest absolute Gasteiger partial charge is 0.480 e. The van der Waals surface area contributed by atoms with Crippen molar-refractivity contribution in [2.75, 3.05) is 13.6 Å². The Labute approximate surface area is 141 Å². The highest BCUT2D eigenvalue weighted by atomic mass is 16.4. The van der Waals surface area contributed by atoms with Gasteiger partial charge >= 0.3 is 5.97 Å². The van der Waals surface area contributed by atoms with Gasteiger partial charge in [-0.25, -0.2) is 4.79 Å². The lowest BCUT2D eigenvalue weighted by Gasteiger charge is -2.25. The smallest absolute Gasteiger partial charge is 0.326 e. The van der Waals surface area contributed by atoms with Gasteiger partial charge in [0.25, 0.3) is 0 Å². The third kappa shape index (κ3) is 5.37. The maximum Gasteiger partial charge on any atom is 0.326 e. The number of nitrogens with one attached hydrogen (secondary N) is 1. The fraction of sp³-hybridized carbons (Fsp3) is 0.500. The predicted octanol–water partition coefficient (Wildman–Crippen LogP) is 1.45. The molecule has 2 N–H and O–H groups in total. The Balaban J connectivity index is 1.79. The summed E-state index contributed by atoms with van der Waals surface area (Å²) in [6, 6.07) is 8.37. The Hall–Kier alpha value is -2.37. The van der Waals surface area contributed by atoms with Gasteiger partial charge in [-0.15, -0.1) is 0 Å². The number of carbonyl (C=O) groups excluding carboxylic acids is 2. The van der Waals surface area contributed by atoms with Crippen LogP contribution in [-0.2, 0) is 20.8 Å². The molecule has 6 heteroatoms. The summed E-state index contributed by atoms with van der Waals surface area (Å²) in [5, 5.41) is 12.2. The van der Waals surface area contributed by atoms with Crippen molar-refractivity contribution in [3.05, 3.63) is 35.9 Å². The molecule has 1 unspecified atom stereocenters. The van der Waals surface area contributed by atoms with Crippen LogP contribution >= 0.6 is 0 Å². The molecule has 1 saturated carbocycles. The average molecular weight is 332 g/mol. The fourth-order valence-electron chi connectivity index (χ4n) is 2.52. The number of amides is 2. The highest BCUT2D eigenvalue weighted by Gasteiger charge is 2.29. The van der Waals surface area contributed by atoms with Crippen LogP contribution in [0.4, 0.5) is 0 Å². The zero-order chi connectivity index (χ0) is 17.5. The molecule has 24 heavy (non-hydrogen) atoms. The van der Waals surface area contributed by atoms with Crippen molar-refractivity contribution in [3.8, 4) is 0 Å². The highest BCUT2D eigenvalue weighted by molar-refractivity contribution is 5.84. The molecule has 1 aliphatic carbocycles. The molecule has 0 aromatic heterocycles. The number of benzene rings is 1. The lowest BCUT2D eigenvalue weighted by Crippen LogP contribution is -2.44. The van der Waals surface area contributed by atoms with Crippen molar-refractivity contribution in [1.82, 2.24) is 10.2 Å². The third-order valence-electron chi connectivity index (χ3n) is 4.23. The molecule has 130 valence electrons. The lowest BCUT2D eigenvalue weighted by molar-refractivity contribution is -0.149. The first-order valence-electron chi connectivity index (χ1n) is 8.29. The molecule has 2 rings (SSSR count). The van der Waals surface area contributed by atoms with Gasteiger partial charge in [-0.1, -0.05) is 30.3 Å². The number of hydrogen-bond acceptors (Lipinski definition) is 3. The van der Waals surface area contributed by atoms with Crippen molar-refractivity contribution in [1.29, 1.82) is 0 Å². The van der Waals surface area contributed by atoms with Crippen LogP contribution in [0.15, 0.2) is 30.3 Å². The van der Waals surface area contributed by atoms with Gasteiger partial charge in [0.2, 0.25) is 11.8 Å². The molecule has 1 fully saturated rings. The van der Waals surface area contributed by atoms with Crippen LogP contribution in [0.2, 0.25) is 0 Å². The zero-order valence-electron chi connectivity index (χ0n) is 13.9. The van der Waals surface area contributed by atoms with E-state index in [-0.39, 0.29) is 30.6 Å². The summed E-state index contributed by atoms with van der Waals surface area (Å²) in [7, 11) is 1.52. The number of hydrogen-bond donors (Lipinski definition) is 2. The van der Waals surface area contributed by atoms with Crippen LogP contribution < -0.4 is 5.32 Å². The van der Waals surface area contributed by atoms with E-state index in [0.29, 0.717) is 13.0 Å². The first-order chi connectivity index (χ1) is 11.5. The number of carbonyl (C=O) groups is 3. The van der Waals surface area contributed by atoms with E-state index >= 15 is 0 Å². The average Bonchev–Trinajstić information content (AvgIpc) is 3.41. The maximum absolute atomic E-state index is 12.2. The molecule has 6 nitrogen and oxygen atoms in total. The normalized spacial score (nSPS) is 14.7. The van der Waals surface area contributed by atoms with Crippen LogP contribution in [0.25, 0.3) is 0 Å². The van der Waals surface area contributed by atoms with Gasteiger partial charge in [0.05, 0.1) is 0 Å². The Morgan fingerprint density at radius 2 is 1.92 bits per heavy atom. The standard InChI is InChI=1S/C18H24N2O4/c1-20(15(18(23)24)12-13-6-3-2-4-7-13)16(21)8-5-11-19-17(22)14-9-10-14/h2-4,6-7,14-15H,5,8-12H2,1H3,(H,19,22)(H,23,24). The summed E-state index contributed by atoms with van der Waals surface area (Å²) in [4.78, 5) is 36.5. The highest BCUT2D eigenvalue weighted by Crippen LogP contribution is 2.28. The first kappa shape index (κ1) is 18.0. The molecule has 1 aromatic rings. The molecular formula is C18H24N2O4. The van der Waals surface area contributed by atoms with Crippen molar-refractivity contribution in [2.45, 2.75) is 38.1 Å². The second kappa shape index (κ2) is 8.47. The number of rotatable bonds is 9. The molecule has 1 aliphatic rings. The second-order valence-corrected chi connectivity index (χ2v) is 6.22. The van der Waals surface area contributed by atoms with Crippen molar-refractivity contribution < 1.29 is 19.5 Å². The zero-order valence-corrected chi connectivity index (χ0v) is 13.9. The van der Waals surface area contributed by atoms with Gasteiger partial charge in [-0.3, -0.25) is 9.59 Å². The van der Waals surface area contributed by atoms with Crippen LogP contribution in [0.3, 0.4) is 0 Å². The van der Waals surface area contributed by atoms with Crippen LogP contribution in [0.5, 0.6) is 0 Å². The van der Waals surface area contributed by atoms with Gasteiger partial charge in [0.1, 0.15) is 6.04 Å². The van der Waals surface area contributed by atoms with Gasteiger partial charge in [-0.05, 0) is 24.8 Å². The summed E-state index contributed by atoms with van der Waals surface area (Å²) in [6.45, 7) is 0.450. The molecule has 0 aliphatic heterocycles. The quantitative estimate of drug-likeness (QED) is 0.670. The van der Waals surface area contributed by atoms with E-state index in [0.717, 1.165) is 18.4 Å². The van der Waals surface area contributed by atoms with E-state index in [9.17, 15) is 19.5 Å². The predicted molar refractivity (Wildman–Crippen MR) is 89.3 cm³/mol. The van der Waals surface area contributed by atoms with Gasteiger partial charge in [0.15, 0.2) is 0 Å². The third-order valence-corrected chi connectivity index (χ3v) is 4.23. The first-order valence-corrected chi connectivity index (χ1v) is 8.29. The van der Waals surface area contributed by atoms with Gasteiger partial charge in [-0.2, -0.15) is 0 Å². The molecule has 0 saturated heterocycles. The van der Waals surface area contributed by atoms with E-state index < -0.39 is 12.0 Å². The van der Waals surface area contributed by atoms with E-state index in [4.69, 9.17) is 0 Å². The molecule has 1 aromatic carbocycles. The minimum Gasteiger partial charge on any atom is -0.480 e. The number of carboxylic acid groups (broad SMARTS) is 1. The summed E-state index contributed by atoms with van der Waals surface area (Å²) < 4.78 is 0. The van der Waals surface area contributed by atoms with Crippen LogP contribution in [0, 0.1) is 5.92 Å². The minimum atomic E-state index is -1.02. The molecule has 2 amide bonds. The van der Waals surface area contributed by atoms with E-state index in [1.165, 1.54) is 11.9 Å². The Morgan fingerprint density at radius 1 is 1.25 bits per heavy atom. The number of likely N-dealkylation sites (N-methyl/N-ethyl adjacent to an activating group) is 1. The number of aliphatic carboxylic acids is 1. The Morgan fingerprint density at radius 3 is 2.50 bits per heavy atom. The molecule has 1 atom stereocenters. The van der Waals surface area contributed by atoms with Crippen molar-refractivity contribution in [3.63, 3.8) is 0 Å². The second-order valence-electron chi connectivity index (χ2n) is 6.22. The lowest BCUT2D eigenvalue weighted by atomic mass is 10.0. The maximum atomic E-state index is 12.2. The Kier molecular flexibility index (Phi) is 6.35. The molecule has 0 spiro atoms. The molecular weight excluding hydrogens is 308 g/mol. The number of nitrogens with zero attached hydrogens (tertiary/aromatic N) is 1. The SMILES string of the molecule is CN(C(=O)CCCNC(=O)C1CC1)C(Cc1ccccc1)C(=O)O. The molecule has 0 heterocycles.